The van der Waals surface area contributed by atoms with Crippen LogP contribution < -0.4 is 5.32 Å². The summed E-state index contributed by atoms with van der Waals surface area (Å²) >= 11 is 8.86. The molecule has 2 aromatic heterocycles. The second kappa shape index (κ2) is 8.26. The van der Waals surface area contributed by atoms with E-state index in [1.165, 1.54) is 30.2 Å². The Labute approximate surface area is 173 Å². The maximum absolute atomic E-state index is 13.1. The van der Waals surface area contributed by atoms with Crippen LogP contribution in [0.5, 0.6) is 0 Å². The number of nitrogens with zero attached hydrogens (tertiary/aromatic N) is 2. The average molecular weight is 430 g/mol. The van der Waals surface area contributed by atoms with E-state index in [1.54, 1.807) is 11.3 Å². The summed E-state index contributed by atoms with van der Waals surface area (Å²) in [5.41, 5.74) is 1.49. The maximum Gasteiger partial charge on any atom is 0.234 e. The highest BCUT2D eigenvalue weighted by Gasteiger charge is 2.13. The molecule has 2 heterocycles. The Morgan fingerprint density at radius 1 is 1.14 bits per heavy atom. The van der Waals surface area contributed by atoms with E-state index in [4.69, 9.17) is 11.6 Å². The fourth-order valence-electron chi connectivity index (χ4n) is 2.60. The molecule has 0 unspecified atom stereocenters. The minimum absolute atomic E-state index is 0.149. The van der Waals surface area contributed by atoms with Crippen LogP contribution in [0.25, 0.3) is 20.7 Å². The second-order valence-electron chi connectivity index (χ2n) is 5.84. The molecule has 1 amide bonds. The van der Waals surface area contributed by atoms with Gasteiger partial charge < -0.3 is 5.32 Å². The number of thioether (sulfide) groups is 1. The Morgan fingerprint density at radius 3 is 2.75 bits per heavy atom. The number of benzene rings is 2. The molecule has 0 saturated heterocycles. The van der Waals surface area contributed by atoms with Crippen LogP contribution in [0.1, 0.15) is 0 Å². The number of carbonyl (C=O) groups is 1. The summed E-state index contributed by atoms with van der Waals surface area (Å²) < 4.78 is 13.1. The molecule has 28 heavy (non-hydrogen) atoms. The number of hydrogen-bond acceptors (Lipinski definition) is 5. The highest BCUT2D eigenvalue weighted by molar-refractivity contribution is 8.00. The quantitative estimate of drug-likeness (QED) is 0.318. The van der Waals surface area contributed by atoms with Crippen molar-refractivity contribution in [3.8, 4) is 10.4 Å². The van der Waals surface area contributed by atoms with Crippen LogP contribution in [0.3, 0.4) is 0 Å². The highest BCUT2D eigenvalue weighted by Crippen LogP contribution is 2.36. The molecular formula is C20H13ClFN3OS2. The molecule has 0 radical (unpaired) electrons. The number of thiophene rings is 1. The fourth-order valence-corrected chi connectivity index (χ4v) is 4.66. The molecular weight excluding hydrogens is 417 g/mol. The Kier molecular flexibility index (Phi) is 5.57. The lowest BCUT2D eigenvalue weighted by atomic mass is 10.2. The third-order valence-corrected chi connectivity index (χ3v) is 6.31. The highest BCUT2D eigenvalue weighted by atomic mass is 35.5. The summed E-state index contributed by atoms with van der Waals surface area (Å²) in [4.78, 5) is 22.9. The number of hydrogen-bond donors (Lipinski definition) is 1. The summed E-state index contributed by atoms with van der Waals surface area (Å²) in [6, 6.07) is 16.0. The van der Waals surface area contributed by atoms with Gasteiger partial charge in [-0.2, -0.15) is 0 Å². The van der Waals surface area contributed by atoms with Gasteiger partial charge in [0.15, 0.2) is 0 Å². The van der Waals surface area contributed by atoms with Gasteiger partial charge >= 0.3 is 0 Å². The predicted molar refractivity (Wildman–Crippen MR) is 114 cm³/mol. The van der Waals surface area contributed by atoms with E-state index < -0.39 is 5.82 Å². The monoisotopic (exact) mass is 429 g/mol. The molecule has 0 aliphatic heterocycles. The van der Waals surface area contributed by atoms with E-state index in [2.05, 4.69) is 15.3 Å². The van der Waals surface area contributed by atoms with Crippen molar-refractivity contribution in [1.29, 1.82) is 0 Å². The van der Waals surface area contributed by atoms with Crippen molar-refractivity contribution in [1.82, 2.24) is 9.97 Å². The standard InChI is InChI=1S/C20H13ClFN3OS2/c21-15-8-13(22)6-7-16(15)25-18(26)10-27-19-14-9-17(12-4-2-1-3-5-12)28-20(14)24-11-23-19/h1-9,11H,10H2,(H,25,26). The molecule has 0 fully saturated rings. The van der Waals surface area contributed by atoms with E-state index in [1.807, 2.05) is 36.4 Å². The third-order valence-electron chi connectivity index (χ3n) is 3.90. The van der Waals surface area contributed by atoms with Crippen molar-refractivity contribution < 1.29 is 9.18 Å². The third kappa shape index (κ3) is 4.16. The zero-order valence-electron chi connectivity index (χ0n) is 14.4. The number of aromatic nitrogens is 2. The molecule has 0 aliphatic carbocycles. The first-order valence-electron chi connectivity index (χ1n) is 8.28. The largest absolute Gasteiger partial charge is 0.324 e. The normalized spacial score (nSPS) is 10.9. The molecule has 0 saturated carbocycles. The SMILES string of the molecule is O=C(CSc1ncnc2sc(-c3ccccc3)cc12)Nc1ccc(F)cc1Cl. The molecule has 1 N–H and O–H groups in total. The van der Waals surface area contributed by atoms with Gasteiger partial charge in [-0.05, 0) is 29.8 Å². The topological polar surface area (TPSA) is 54.9 Å². The lowest BCUT2D eigenvalue weighted by Crippen LogP contribution is -2.14. The molecule has 0 atom stereocenters. The van der Waals surface area contributed by atoms with Crippen molar-refractivity contribution in [2.24, 2.45) is 0 Å². The van der Waals surface area contributed by atoms with Gasteiger partial charge in [0.05, 0.1) is 16.5 Å². The lowest BCUT2D eigenvalue weighted by molar-refractivity contribution is -0.113. The first-order valence-corrected chi connectivity index (χ1v) is 10.5. The molecule has 8 heteroatoms. The number of rotatable bonds is 5. The van der Waals surface area contributed by atoms with E-state index in [-0.39, 0.29) is 16.7 Å². The molecule has 4 nitrogen and oxygen atoms in total. The Morgan fingerprint density at radius 2 is 1.96 bits per heavy atom. The van der Waals surface area contributed by atoms with Crippen LogP contribution >= 0.6 is 34.7 Å². The Hall–Kier alpha value is -2.48. The van der Waals surface area contributed by atoms with Gasteiger partial charge in [0, 0.05) is 10.3 Å². The summed E-state index contributed by atoms with van der Waals surface area (Å²) in [5, 5.41) is 4.51. The van der Waals surface area contributed by atoms with Crippen molar-refractivity contribution in [3.05, 3.63) is 71.8 Å². The smallest absolute Gasteiger partial charge is 0.234 e. The van der Waals surface area contributed by atoms with Gasteiger partial charge in [0.1, 0.15) is 22.0 Å². The number of anilines is 1. The summed E-state index contributed by atoms with van der Waals surface area (Å²) in [6.07, 6.45) is 1.50. The number of nitrogens with one attached hydrogen (secondary N) is 1. The molecule has 4 rings (SSSR count). The average Bonchev–Trinajstić information content (AvgIpc) is 3.14. The minimum atomic E-state index is -0.451. The maximum atomic E-state index is 13.1. The molecule has 4 aromatic rings. The predicted octanol–water partition coefficient (Wildman–Crippen LogP) is 5.88. The van der Waals surface area contributed by atoms with E-state index >= 15 is 0 Å². The molecule has 2 aromatic carbocycles. The molecule has 0 spiro atoms. The summed E-state index contributed by atoms with van der Waals surface area (Å²) in [7, 11) is 0. The number of fused-ring (bicyclic) bond motifs is 1. The Bertz CT molecular complexity index is 1150. The van der Waals surface area contributed by atoms with Crippen LogP contribution in [-0.4, -0.2) is 21.6 Å². The zero-order valence-corrected chi connectivity index (χ0v) is 16.7. The van der Waals surface area contributed by atoms with Crippen LogP contribution in [0.4, 0.5) is 10.1 Å². The number of amides is 1. The van der Waals surface area contributed by atoms with Gasteiger partial charge in [-0.1, -0.05) is 53.7 Å². The van der Waals surface area contributed by atoms with E-state index in [0.717, 1.165) is 31.7 Å². The Balaban J connectivity index is 1.50. The summed E-state index contributed by atoms with van der Waals surface area (Å²) in [6.45, 7) is 0. The van der Waals surface area contributed by atoms with Gasteiger partial charge in [-0.15, -0.1) is 11.3 Å². The number of carbonyl (C=O) groups excluding carboxylic acids is 1. The van der Waals surface area contributed by atoms with Gasteiger partial charge in [-0.3, -0.25) is 4.79 Å². The first kappa shape index (κ1) is 18.9. The van der Waals surface area contributed by atoms with E-state index in [9.17, 15) is 9.18 Å². The lowest BCUT2D eigenvalue weighted by Gasteiger charge is -2.07. The first-order chi connectivity index (χ1) is 13.6. The van der Waals surface area contributed by atoms with E-state index in [0.29, 0.717) is 5.69 Å². The molecule has 0 aliphatic rings. The second-order valence-corrected chi connectivity index (χ2v) is 8.24. The van der Waals surface area contributed by atoms with Crippen LogP contribution in [0.15, 0.2) is 66.0 Å². The van der Waals surface area contributed by atoms with Crippen molar-refractivity contribution in [3.63, 3.8) is 0 Å². The molecule has 0 bridgehead atoms. The van der Waals surface area contributed by atoms with Crippen LogP contribution in [-0.2, 0) is 4.79 Å². The zero-order chi connectivity index (χ0) is 19.5. The van der Waals surface area contributed by atoms with Gasteiger partial charge in [0.25, 0.3) is 0 Å². The van der Waals surface area contributed by atoms with Crippen molar-refractivity contribution >= 4 is 56.5 Å². The molecule has 140 valence electrons. The minimum Gasteiger partial charge on any atom is -0.324 e. The van der Waals surface area contributed by atoms with Gasteiger partial charge in [-0.25, -0.2) is 14.4 Å². The van der Waals surface area contributed by atoms with Crippen LogP contribution in [0, 0.1) is 5.82 Å². The summed E-state index contributed by atoms with van der Waals surface area (Å²) in [5.74, 6) is -0.549. The van der Waals surface area contributed by atoms with Crippen molar-refractivity contribution in [2.45, 2.75) is 5.03 Å². The van der Waals surface area contributed by atoms with Crippen molar-refractivity contribution in [2.75, 3.05) is 11.1 Å². The number of halogens is 2. The fraction of sp³-hybridized carbons (Fsp3) is 0.0500. The van der Waals surface area contributed by atoms with Crippen LogP contribution in [0.2, 0.25) is 5.02 Å². The van der Waals surface area contributed by atoms with Gasteiger partial charge in [0.2, 0.25) is 5.91 Å².